The van der Waals surface area contributed by atoms with Crippen LogP contribution in [-0.2, 0) is 9.53 Å². The van der Waals surface area contributed by atoms with Gasteiger partial charge in [-0.3, -0.25) is 0 Å². The highest BCUT2D eigenvalue weighted by Gasteiger charge is 2.00. The predicted molar refractivity (Wildman–Crippen MR) is 86.3 cm³/mol. The topological polar surface area (TPSA) is 35.5 Å². The quantitative estimate of drug-likeness (QED) is 0.378. The van der Waals surface area contributed by atoms with Crippen LogP contribution in [0.2, 0.25) is 0 Å². The van der Waals surface area contributed by atoms with E-state index in [9.17, 15) is 4.79 Å². The molecule has 21 heavy (non-hydrogen) atoms. The Morgan fingerprint density at radius 3 is 2.76 bits per heavy atom. The Balaban J connectivity index is 2.44. The van der Waals surface area contributed by atoms with Gasteiger partial charge in [-0.2, -0.15) is 0 Å². The summed E-state index contributed by atoms with van der Waals surface area (Å²) >= 11 is 0. The lowest BCUT2D eigenvalue weighted by molar-refractivity contribution is -0.141. The molecule has 1 rings (SSSR count). The first kappa shape index (κ1) is 17.3. The molecule has 0 atom stereocenters. The number of ether oxygens (including phenoxy) is 2. The second-order valence-electron chi connectivity index (χ2n) is 5.30. The Morgan fingerprint density at radius 2 is 2.05 bits per heavy atom. The number of hydrogen-bond acceptors (Lipinski definition) is 3. The molecule has 0 aliphatic rings. The monoisotopic (exact) mass is 290 g/mol. The van der Waals surface area contributed by atoms with E-state index in [4.69, 9.17) is 9.47 Å². The summed E-state index contributed by atoms with van der Waals surface area (Å²) in [5.41, 5.74) is 0.932. The van der Waals surface area contributed by atoms with Gasteiger partial charge in [0.2, 0.25) is 0 Å². The van der Waals surface area contributed by atoms with Crippen LogP contribution in [0.15, 0.2) is 30.3 Å². The van der Waals surface area contributed by atoms with E-state index in [-0.39, 0.29) is 12.1 Å². The largest absolute Gasteiger partial charge is 0.494 e. The maximum Gasteiger partial charge on any atom is 0.331 e. The van der Waals surface area contributed by atoms with Gasteiger partial charge in [-0.1, -0.05) is 38.3 Å². The maximum absolute atomic E-state index is 11.4. The molecule has 0 N–H and O–H groups in total. The van der Waals surface area contributed by atoms with E-state index < -0.39 is 0 Å². The van der Waals surface area contributed by atoms with Crippen molar-refractivity contribution in [3.8, 4) is 5.75 Å². The summed E-state index contributed by atoms with van der Waals surface area (Å²) in [4.78, 5) is 11.4. The minimum Gasteiger partial charge on any atom is -0.494 e. The van der Waals surface area contributed by atoms with Crippen LogP contribution in [0, 0.1) is 0 Å². The first-order valence-corrected chi connectivity index (χ1v) is 7.73. The van der Waals surface area contributed by atoms with Gasteiger partial charge in [-0.25, -0.2) is 4.79 Å². The molecule has 0 spiro atoms. The number of carbonyl (C=O) groups excluding carboxylic acids is 1. The standard InChI is InChI=1S/C18H26O3/c1-4-5-6-7-13-20-17-10-8-9-16(14-17)11-12-18(19)21-15(2)3/h8-12,14-15H,4-7,13H2,1-3H3. The van der Waals surface area contributed by atoms with Gasteiger partial charge in [-0.05, 0) is 44.0 Å². The van der Waals surface area contributed by atoms with Crippen LogP contribution in [0.4, 0.5) is 0 Å². The normalized spacial score (nSPS) is 11.0. The Bertz CT molecular complexity index is 450. The van der Waals surface area contributed by atoms with E-state index in [1.807, 2.05) is 38.1 Å². The van der Waals surface area contributed by atoms with Crippen molar-refractivity contribution in [2.75, 3.05) is 6.61 Å². The summed E-state index contributed by atoms with van der Waals surface area (Å²) in [6.45, 7) is 6.60. The molecule has 0 aliphatic carbocycles. The minimum atomic E-state index is -0.323. The number of esters is 1. The average molecular weight is 290 g/mol. The van der Waals surface area contributed by atoms with Crippen LogP contribution >= 0.6 is 0 Å². The van der Waals surface area contributed by atoms with E-state index >= 15 is 0 Å². The highest BCUT2D eigenvalue weighted by molar-refractivity contribution is 5.87. The molecule has 1 aromatic carbocycles. The molecular formula is C18H26O3. The Morgan fingerprint density at radius 1 is 1.24 bits per heavy atom. The van der Waals surface area contributed by atoms with Gasteiger partial charge in [0, 0.05) is 6.08 Å². The van der Waals surface area contributed by atoms with Crippen molar-refractivity contribution < 1.29 is 14.3 Å². The van der Waals surface area contributed by atoms with Gasteiger partial charge in [-0.15, -0.1) is 0 Å². The molecule has 3 nitrogen and oxygen atoms in total. The highest BCUT2D eigenvalue weighted by Crippen LogP contribution is 2.15. The fourth-order valence-corrected chi connectivity index (χ4v) is 1.86. The molecule has 116 valence electrons. The summed E-state index contributed by atoms with van der Waals surface area (Å²) in [7, 11) is 0. The molecule has 0 fully saturated rings. The fourth-order valence-electron chi connectivity index (χ4n) is 1.86. The Kier molecular flexibility index (Phi) is 8.25. The SMILES string of the molecule is CCCCCCOc1cccc(C=CC(=O)OC(C)C)c1. The van der Waals surface area contributed by atoms with Crippen molar-refractivity contribution in [3.05, 3.63) is 35.9 Å². The highest BCUT2D eigenvalue weighted by atomic mass is 16.5. The number of carbonyl (C=O) groups is 1. The van der Waals surface area contributed by atoms with Crippen LogP contribution < -0.4 is 4.74 Å². The third kappa shape index (κ3) is 8.18. The molecule has 0 aromatic heterocycles. The minimum absolute atomic E-state index is 0.0973. The van der Waals surface area contributed by atoms with E-state index in [1.165, 1.54) is 25.3 Å². The third-order valence-corrected chi connectivity index (χ3v) is 2.89. The zero-order valence-corrected chi connectivity index (χ0v) is 13.3. The number of rotatable bonds is 9. The molecule has 0 radical (unpaired) electrons. The van der Waals surface area contributed by atoms with E-state index in [1.54, 1.807) is 6.08 Å². The lowest BCUT2D eigenvalue weighted by Crippen LogP contribution is -2.08. The van der Waals surface area contributed by atoms with Gasteiger partial charge >= 0.3 is 5.97 Å². The van der Waals surface area contributed by atoms with E-state index in [0.29, 0.717) is 0 Å². The van der Waals surface area contributed by atoms with Crippen molar-refractivity contribution in [1.29, 1.82) is 0 Å². The molecule has 0 amide bonds. The maximum atomic E-state index is 11.4. The van der Waals surface area contributed by atoms with Gasteiger partial charge in [0.15, 0.2) is 0 Å². The number of unbranched alkanes of at least 4 members (excludes halogenated alkanes) is 3. The van der Waals surface area contributed by atoms with Crippen LogP contribution in [0.1, 0.15) is 52.0 Å². The van der Waals surface area contributed by atoms with Gasteiger partial charge < -0.3 is 9.47 Å². The van der Waals surface area contributed by atoms with Gasteiger partial charge in [0.25, 0.3) is 0 Å². The lowest BCUT2D eigenvalue weighted by Gasteiger charge is -2.07. The zero-order valence-electron chi connectivity index (χ0n) is 13.3. The summed E-state index contributed by atoms with van der Waals surface area (Å²) in [5.74, 6) is 0.516. The third-order valence-electron chi connectivity index (χ3n) is 2.89. The fraction of sp³-hybridized carbons (Fsp3) is 0.500. The molecule has 0 aliphatic heterocycles. The molecule has 0 heterocycles. The molecular weight excluding hydrogens is 264 g/mol. The first-order valence-electron chi connectivity index (χ1n) is 7.73. The molecule has 3 heteroatoms. The molecule has 1 aromatic rings. The zero-order chi connectivity index (χ0) is 15.5. The van der Waals surface area contributed by atoms with Crippen molar-refractivity contribution in [2.24, 2.45) is 0 Å². The van der Waals surface area contributed by atoms with E-state index in [2.05, 4.69) is 6.92 Å². The van der Waals surface area contributed by atoms with Gasteiger partial charge in [0.1, 0.15) is 5.75 Å². The average Bonchev–Trinajstić information content (AvgIpc) is 2.45. The molecule has 0 saturated heterocycles. The second-order valence-corrected chi connectivity index (χ2v) is 5.30. The van der Waals surface area contributed by atoms with Crippen molar-refractivity contribution in [2.45, 2.75) is 52.6 Å². The smallest absolute Gasteiger partial charge is 0.331 e. The number of benzene rings is 1. The van der Waals surface area contributed by atoms with Crippen LogP contribution in [0.25, 0.3) is 6.08 Å². The lowest BCUT2D eigenvalue weighted by atomic mass is 10.2. The van der Waals surface area contributed by atoms with Gasteiger partial charge in [0.05, 0.1) is 12.7 Å². The summed E-state index contributed by atoms with van der Waals surface area (Å²) in [5, 5.41) is 0. The Labute approximate surface area is 128 Å². The molecule has 0 unspecified atom stereocenters. The molecule has 0 bridgehead atoms. The summed E-state index contributed by atoms with van der Waals surface area (Å²) < 4.78 is 10.8. The number of hydrogen-bond donors (Lipinski definition) is 0. The molecule has 0 saturated carbocycles. The van der Waals surface area contributed by atoms with Crippen LogP contribution in [0.3, 0.4) is 0 Å². The Hall–Kier alpha value is -1.77. The van der Waals surface area contributed by atoms with Crippen molar-refractivity contribution >= 4 is 12.0 Å². The second kappa shape index (κ2) is 10.0. The van der Waals surface area contributed by atoms with Crippen LogP contribution in [-0.4, -0.2) is 18.7 Å². The van der Waals surface area contributed by atoms with Crippen LogP contribution in [0.5, 0.6) is 5.75 Å². The predicted octanol–water partition coefficient (Wildman–Crippen LogP) is 4.61. The van der Waals surface area contributed by atoms with E-state index in [0.717, 1.165) is 24.3 Å². The first-order chi connectivity index (χ1) is 10.1. The van der Waals surface area contributed by atoms with Crippen molar-refractivity contribution in [1.82, 2.24) is 0 Å². The summed E-state index contributed by atoms with van der Waals surface area (Å²) in [6.07, 6.45) is 7.86. The summed E-state index contributed by atoms with van der Waals surface area (Å²) in [6, 6.07) is 7.72. The van der Waals surface area contributed by atoms with Crippen molar-refractivity contribution in [3.63, 3.8) is 0 Å².